The number of hydrogen-bond donors (Lipinski definition) is 0. The van der Waals surface area contributed by atoms with E-state index in [4.69, 9.17) is 28.6 Å². The molecule has 2 rings (SSSR count). The van der Waals surface area contributed by atoms with Gasteiger partial charge in [0.1, 0.15) is 0 Å². The van der Waals surface area contributed by atoms with Gasteiger partial charge in [0, 0.05) is 24.5 Å². The maximum absolute atomic E-state index is 11.7. The highest BCUT2D eigenvalue weighted by atomic mass is 35.5. The summed E-state index contributed by atoms with van der Waals surface area (Å²) in [5, 5.41) is 0.736. The van der Waals surface area contributed by atoms with Crippen LogP contribution >= 0.6 is 23.8 Å². The number of ether oxygens (including phenoxy) is 1. The second kappa shape index (κ2) is 7.76. The van der Waals surface area contributed by atoms with Gasteiger partial charge < -0.3 is 9.64 Å². The van der Waals surface area contributed by atoms with Crippen molar-refractivity contribution in [2.75, 3.05) is 19.7 Å². The Bertz CT molecular complexity index is 496. The quantitative estimate of drug-likeness (QED) is 0.626. The summed E-state index contributed by atoms with van der Waals surface area (Å²) in [7, 11) is 0. The minimum Gasteiger partial charge on any atom is -0.466 e. The average Bonchev–Trinajstić information content (AvgIpc) is 2.50. The van der Waals surface area contributed by atoms with Crippen molar-refractivity contribution in [2.24, 2.45) is 5.92 Å². The summed E-state index contributed by atoms with van der Waals surface area (Å²) in [6.07, 6.45) is 2.38. The molecule has 1 heterocycles. The van der Waals surface area contributed by atoms with E-state index in [1.165, 1.54) is 0 Å². The van der Waals surface area contributed by atoms with Gasteiger partial charge in [0.2, 0.25) is 0 Å². The van der Waals surface area contributed by atoms with E-state index in [9.17, 15) is 4.79 Å². The molecule has 0 spiro atoms. The number of benzene rings is 1. The predicted octanol–water partition coefficient (Wildman–Crippen LogP) is 3.49. The molecule has 0 saturated carbocycles. The number of carbonyl (C=O) groups is 1. The Labute approximate surface area is 136 Å². The highest BCUT2D eigenvalue weighted by Crippen LogP contribution is 2.20. The van der Waals surface area contributed by atoms with E-state index in [1.807, 2.05) is 31.2 Å². The van der Waals surface area contributed by atoms with Gasteiger partial charge in [-0.3, -0.25) is 4.79 Å². The lowest BCUT2D eigenvalue weighted by atomic mass is 9.96. The Morgan fingerprint density at radius 3 is 2.52 bits per heavy atom. The highest BCUT2D eigenvalue weighted by molar-refractivity contribution is 7.80. The Kier molecular flexibility index (Phi) is 6.00. The van der Waals surface area contributed by atoms with E-state index in [2.05, 4.69) is 4.90 Å². The largest absolute Gasteiger partial charge is 0.466 e. The number of hydrogen-bond acceptors (Lipinski definition) is 3. The zero-order valence-corrected chi connectivity index (χ0v) is 13.8. The van der Waals surface area contributed by atoms with E-state index in [-0.39, 0.29) is 11.9 Å². The van der Waals surface area contributed by atoms with Crippen molar-refractivity contribution in [3.05, 3.63) is 34.9 Å². The second-order valence-corrected chi connectivity index (χ2v) is 6.12. The lowest BCUT2D eigenvalue weighted by Crippen LogP contribution is -2.40. The number of likely N-dealkylation sites (tertiary alicyclic amines) is 1. The molecule has 0 N–H and O–H groups in total. The summed E-state index contributed by atoms with van der Waals surface area (Å²) >= 11 is 11.4. The molecule has 1 aliphatic rings. The highest BCUT2D eigenvalue weighted by Gasteiger charge is 2.26. The maximum atomic E-state index is 11.7. The van der Waals surface area contributed by atoms with Crippen molar-refractivity contribution in [2.45, 2.75) is 26.2 Å². The third kappa shape index (κ3) is 4.68. The van der Waals surface area contributed by atoms with Gasteiger partial charge in [-0.15, -0.1) is 0 Å². The van der Waals surface area contributed by atoms with E-state index in [0.29, 0.717) is 6.61 Å². The first-order valence-electron chi connectivity index (χ1n) is 7.29. The fourth-order valence-electron chi connectivity index (χ4n) is 2.51. The molecule has 114 valence electrons. The van der Waals surface area contributed by atoms with Crippen LogP contribution in [0.25, 0.3) is 0 Å². The van der Waals surface area contributed by atoms with Crippen LogP contribution in [0.5, 0.6) is 0 Å². The van der Waals surface area contributed by atoms with Gasteiger partial charge in [-0.1, -0.05) is 36.0 Å². The molecule has 5 heteroatoms. The van der Waals surface area contributed by atoms with Crippen LogP contribution in [0.3, 0.4) is 0 Å². The first-order valence-corrected chi connectivity index (χ1v) is 8.07. The van der Waals surface area contributed by atoms with Gasteiger partial charge in [0.15, 0.2) is 0 Å². The number of nitrogens with zero attached hydrogens (tertiary/aromatic N) is 1. The molecule has 0 atom stereocenters. The molecule has 3 nitrogen and oxygen atoms in total. The number of thiocarbonyl (C=S) groups is 1. The molecule has 0 aromatic heterocycles. The minimum absolute atomic E-state index is 0.0273. The fraction of sp³-hybridized carbons (Fsp3) is 0.500. The van der Waals surface area contributed by atoms with Crippen molar-refractivity contribution in [1.82, 2.24) is 4.90 Å². The van der Waals surface area contributed by atoms with Gasteiger partial charge >= 0.3 is 5.97 Å². The zero-order chi connectivity index (χ0) is 15.2. The number of piperidine rings is 1. The van der Waals surface area contributed by atoms with Crippen molar-refractivity contribution in [3.8, 4) is 0 Å². The van der Waals surface area contributed by atoms with Crippen LogP contribution < -0.4 is 0 Å². The number of halogens is 1. The summed E-state index contributed by atoms with van der Waals surface area (Å²) in [6.45, 7) is 3.95. The first kappa shape index (κ1) is 16.2. The second-order valence-electron chi connectivity index (χ2n) is 5.21. The van der Waals surface area contributed by atoms with E-state index in [1.54, 1.807) is 0 Å². The molecule has 0 aliphatic carbocycles. The first-order chi connectivity index (χ1) is 10.1. The van der Waals surface area contributed by atoms with Crippen molar-refractivity contribution in [1.29, 1.82) is 0 Å². The summed E-state index contributed by atoms with van der Waals surface area (Å²) in [5.74, 6) is -0.0414. The smallest absolute Gasteiger partial charge is 0.309 e. The third-order valence-electron chi connectivity index (χ3n) is 3.74. The summed E-state index contributed by atoms with van der Waals surface area (Å²) in [6, 6.07) is 7.76. The summed E-state index contributed by atoms with van der Waals surface area (Å²) in [4.78, 5) is 14.8. The van der Waals surface area contributed by atoms with Crippen LogP contribution in [0.2, 0.25) is 5.02 Å². The lowest BCUT2D eigenvalue weighted by molar-refractivity contribution is -0.149. The molecule has 1 aromatic rings. The molecule has 0 unspecified atom stereocenters. The Morgan fingerprint density at radius 2 is 1.95 bits per heavy atom. The third-order valence-corrected chi connectivity index (χ3v) is 4.39. The summed E-state index contributed by atoms with van der Waals surface area (Å²) < 4.78 is 5.08. The number of carbonyl (C=O) groups excluding carboxylic acids is 1. The lowest BCUT2D eigenvalue weighted by Gasteiger charge is -2.32. The Balaban J connectivity index is 1.83. The van der Waals surface area contributed by atoms with E-state index < -0.39 is 0 Å². The van der Waals surface area contributed by atoms with E-state index in [0.717, 1.165) is 47.9 Å². The monoisotopic (exact) mass is 325 g/mol. The van der Waals surface area contributed by atoms with Gasteiger partial charge in [-0.25, -0.2) is 0 Å². The van der Waals surface area contributed by atoms with Crippen LogP contribution in [0.4, 0.5) is 0 Å². The molecule has 0 bridgehead atoms. The van der Waals surface area contributed by atoms with Crippen LogP contribution in [0.1, 0.15) is 25.3 Å². The fourth-order valence-corrected chi connectivity index (χ4v) is 2.99. The molecule has 1 aliphatic heterocycles. The molecule has 1 aromatic carbocycles. The van der Waals surface area contributed by atoms with Crippen LogP contribution in [0.15, 0.2) is 24.3 Å². The maximum Gasteiger partial charge on any atom is 0.309 e. The van der Waals surface area contributed by atoms with Crippen LogP contribution in [0, 0.1) is 5.92 Å². The number of esters is 1. The summed E-state index contributed by atoms with van der Waals surface area (Å²) in [5.41, 5.74) is 1.16. The zero-order valence-electron chi connectivity index (χ0n) is 12.2. The van der Waals surface area contributed by atoms with Gasteiger partial charge in [-0.05, 0) is 37.5 Å². The molecular weight excluding hydrogens is 306 g/mol. The number of rotatable bonds is 4. The van der Waals surface area contributed by atoms with Crippen LogP contribution in [-0.2, 0) is 16.0 Å². The van der Waals surface area contributed by atoms with Crippen molar-refractivity contribution >= 4 is 34.8 Å². The van der Waals surface area contributed by atoms with E-state index >= 15 is 0 Å². The van der Waals surface area contributed by atoms with Gasteiger partial charge in [0.05, 0.1) is 17.5 Å². The van der Waals surface area contributed by atoms with Crippen molar-refractivity contribution < 1.29 is 9.53 Å². The molecule has 1 fully saturated rings. The van der Waals surface area contributed by atoms with Crippen molar-refractivity contribution in [3.63, 3.8) is 0 Å². The van der Waals surface area contributed by atoms with Gasteiger partial charge in [-0.2, -0.15) is 0 Å². The topological polar surface area (TPSA) is 29.5 Å². The standard InChI is InChI=1S/C16H20ClNO2S/c1-2-20-16(19)13-7-9-18(10-8-13)15(21)11-12-3-5-14(17)6-4-12/h3-6,13H,2,7-11H2,1H3. The Hall–Kier alpha value is -1.13. The molecule has 0 radical (unpaired) electrons. The molecule has 21 heavy (non-hydrogen) atoms. The molecule has 1 saturated heterocycles. The molecule has 0 amide bonds. The SMILES string of the molecule is CCOC(=O)C1CCN(C(=S)Cc2ccc(Cl)cc2)CC1. The normalized spacial score (nSPS) is 15.8. The van der Waals surface area contributed by atoms with Crippen LogP contribution in [-0.4, -0.2) is 35.6 Å². The predicted molar refractivity (Wildman–Crippen MR) is 88.7 cm³/mol. The average molecular weight is 326 g/mol. The molecular formula is C16H20ClNO2S. The Morgan fingerprint density at radius 1 is 1.33 bits per heavy atom. The minimum atomic E-state index is -0.0687. The van der Waals surface area contributed by atoms with Gasteiger partial charge in [0.25, 0.3) is 0 Å².